The molecule has 0 saturated heterocycles. The van der Waals surface area contributed by atoms with Crippen molar-refractivity contribution in [3.63, 3.8) is 0 Å². The molecule has 37 heavy (non-hydrogen) atoms. The van der Waals surface area contributed by atoms with Crippen LogP contribution in [-0.2, 0) is 22.7 Å². The lowest BCUT2D eigenvalue weighted by molar-refractivity contribution is -0.0304. The van der Waals surface area contributed by atoms with E-state index in [2.05, 4.69) is 75.1 Å². The lowest BCUT2D eigenvalue weighted by Crippen LogP contribution is -2.32. The maximum atomic E-state index is 11.6. The first-order chi connectivity index (χ1) is 17.8. The van der Waals surface area contributed by atoms with Crippen LogP contribution in [0.25, 0.3) is 0 Å². The number of rotatable bonds is 11. The molecule has 0 radical (unpaired) electrons. The monoisotopic (exact) mass is 514 g/mol. The summed E-state index contributed by atoms with van der Waals surface area (Å²) in [6.07, 6.45) is 1.35. The Bertz CT molecular complexity index is 1090. The maximum Gasteiger partial charge on any atom is 0.0968 e. The van der Waals surface area contributed by atoms with E-state index in [4.69, 9.17) is 9.47 Å². The fourth-order valence-corrected chi connectivity index (χ4v) is 8.12. The average molecular weight is 515 g/mol. The normalized spacial score (nSPS) is 19.5. The minimum Gasteiger partial charge on any atom is -0.384 e. The zero-order valence-corrected chi connectivity index (χ0v) is 23.8. The number of aliphatic hydroxyl groups is 1. The molecule has 3 aromatic carbocycles. The molecule has 0 unspecified atom stereocenters. The van der Waals surface area contributed by atoms with Crippen molar-refractivity contribution in [2.45, 2.75) is 58.7 Å². The maximum absolute atomic E-state index is 11.6. The molecule has 1 N–H and O–H groups in total. The fourth-order valence-electron chi connectivity index (χ4n) is 5.83. The molecule has 0 heterocycles. The standard InChI is InChI=1S/C33H42O3Si/c1-26-20-33(24-35-22-27-14-8-5-9-15-27,25-36-23-28-16-10-6-11-17-28)21-30(26)32(37(2,3)4)31(34)29-18-12-7-13-19-29/h5-19,26,31,34H,20-25H2,1-4H3/b32-30+/t26-,31+/m0/s1. The van der Waals surface area contributed by atoms with Crippen LogP contribution in [0, 0.1) is 11.3 Å². The van der Waals surface area contributed by atoms with Crippen LogP contribution in [-0.4, -0.2) is 26.4 Å². The van der Waals surface area contributed by atoms with Crippen LogP contribution in [0.4, 0.5) is 0 Å². The Morgan fingerprint density at radius 3 is 1.73 bits per heavy atom. The van der Waals surface area contributed by atoms with Gasteiger partial charge in [0.25, 0.3) is 0 Å². The van der Waals surface area contributed by atoms with E-state index in [0.29, 0.717) is 32.3 Å². The quantitative estimate of drug-likeness (QED) is 0.266. The highest BCUT2D eigenvalue weighted by atomic mass is 28.3. The molecule has 4 rings (SSSR count). The largest absolute Gasteiger partial charge is 0.384 e. The molecule has 4 heteroatoms. The SMILES string of the molecule is C[C@H]1CC(COCc2ccccc2)(COCc2ccccc2)C/C1=C(/[C@H](O)c1ccccc1)[Si](C)(C)C. The van der Waals surface area contributed by atoms with Crippen molar-refractivity contribution in [1.29, 1.82) is 0 Å². The van der Waals surface area contributed by atoms with Crippen molar-refractivity contribution in [2.24, 2.45) is 11.3 Å². The number of ether oxygens (including phenoxy) is 2. The van der Waals surface area contributed by atoms with Gasteiger partial charge in [0, 0.05) is 5.41 Å². The number of hydrogen-bond acceptors (Lipinski definition) is 3. The zero-order valence-electron chi connectivity index (χ0n) is 22.8. The highest BCUT2D eigenvalue weighted by Crippen LogP contribution is 2.50. The number of aliphatic hydroxyl groups excluding tert-OH is 1. The van der Waals surface area contributed by atoms with Gasteiger partial charge in [0.1, 0.15) is 0 Å². The van der Waals surface area contributed by atoms with Crippen LogP contribution in [0.1, 0.15) is 42.6 Å². The molecule has 1 saturated carbocycles. The molecule has 3 nitrogen and oxygen atoms in total. The van der Waals surface area contributed by atoms with E-state index in [0.717, 1.165) is 18.4 Å². The topological polar surface area (TPSA) is 38.7 Å². The number of hydrogen-bond donors (Lipinski definition) is 1. The van der Waals surface area contributed by atoms with Crippen LogP contribution in [0.3, 0.4) is 0 Å². The first-order valence-electron chi connectivity index (χ1n) is 13.5. The highest BCUT2D eigenvalue weighted by Gasteiger charge is 2.44. The van der Waals surface area contributed by atoms with Gasteiger partial charge >= 0.3 is 0 Å². The first kappa shape index (κ1) is 27.5. The first-order valence-corrected chi connectivity index (χ1v) is 17.0. The third-order valence-corrected chi connectivity index (χ3v) is 9.69. The number of benzene rings is 3. The minimum absolute atomic E-state index is 0.111. The third-order valence-electron chi connectivity index (χ3n) is 7.48. The van der Waals surface area contributed by atoms with E-state index in [9.17, 15) is 5.11 Å². The summed E-state index contributed by atoms with van der Waals surface area (Å²) in [5, 5.41) is 12.9. The molecule has 1 aliphatic rings. The van der Waals surface area contributed by atoms with Crippen molar-refractivity contribution in [1.82, 2.24) is 0 Å². The zero-order chi connectivity index (χ0) is 26.3. The Kier molecular flexibility index (Phi) is 9.20. The molecular formula is C33H42O3Si. The van der Waals surface area contributed by atoms with E-state index < -0.39 is 14.2 Å². The summed E-state index contributed by atoms with van der Waals surface area (Å²) >= 11 is 0. The Balaban J connectivity index is 1.59. The third kappa shape index (κ3) is 7.29. The summed E-state index contributed by atoms with van der Waals surface area (Å²) < 4.78 is 12.7. The highest BCUT2D eigenvalue weighted by molar-refractivity contribution is 6.83. The summed E-state index contributed by atoms with van der Waals surface area (Å²) in [5.41, 5.74) is 4.67. The molecule has 2 atom stereocenters. The second kappa shape index (κ2) is 12.4. The van der Waals surface area contributed by atoms with Crippen LogP contribution in [0.2, 0.25) is 19.6 Å². The predicted molar refractivity (Wildman–Crippen MR) is 155 cm³/mol. The van der Waals surface area contributed by atoms with E-state index in [1.54, 1.807) is 0 Å². The van der Waals surface area contributed by atoms with Crippen LogP contribution in [0.5, 0.6) is 0 Å². The van der Waals surface area contributed by atoms with Crippen molar-refractivity contribution in [3.05, 3.63) is 118 Å². The van der Waals surface area contributed by atoms with Gasteiger partial charge in [-0.15, -0.1) is 0 Å². The second-order valence-corrected chi connectivity index (χ2v) is 16.8. The molecule has 1 fully saturated rings. The lowest BCUT2D eigenvalue weighted by Gasteiger charge is -2.31. The van der Waals surface area contributed by atoms with Gasteiger partial charge in [-0.25, -0.2) is 0 Å². The van der Waals surface area contributed by atoms with Gasteiger partial charge in [0.2, 0.25) is 0 Å². The Morgan fingerprint density at radius 1 is 0.811 bits per heavy atom. The summed E-state index contributed by atoms with van der Waals surface area (Å²) in [4.78, 5) is 0. The molecule has 0 bridgehead atoms. The van der Waals surface area contributed by atoms with Crippen molar-refractivity contribution >= 4 is 8.07 Å². The van der Waals surface area contributed by atoms with Gasteiger partial charge in [-0.05, 0) is 40.6 Å². The van der Waals surface area contributed by atoms with Crippen molar-refractivity contribution < 1.29 is 14.6 Å². The summed E-state index contributed by atoms with van der Waals surface area (Å²) in [7, 11) is -1.82. The van der Waals surface area contributed by atoms with Gasteiger partial charge in [-0.2, -0.15) is 0 Å². The average Bonchev–Trinajstić information content (AvgIpc) is 3.20. The molecule has 0 amide bonds. The minimum atomic E-state index is -1.82. The molecule has 3 aromatic rings. The van der Waals surface area contributed by atoms with Gasteiger partial charge in [0.15, 0.2) is 0 Å². The molecule has 196 valence electrons. The smallest absolute Gasteiger partial charge is 0.0968 e. The fraction of sp³-hybridized carbons (Fsp3) is 0.394. The Labute approximate surface area is 224 Å². The Hall–Kier alpha value is -2.50. The van der Waals surface area contributed by atoms with Crippen LogP contribution < -0.4 is 0 Å². The molecular weight excluding hydrogens is 472 g/mol. The molecule has 0 spiro atoms. The van der Waals surface area contributed by atoms with Gasteiger partial charge in [-0.3, -0.25) is 0 Å². The van der Waals surface area contributed by atoms with Gasteiger partial charge in [-0.1, -0.05) is 123 Å². The van der Waals surface area contributed by atoms with Crippen LogP contribution in [0.15, 0.2) is 102 Å². The van der Waals surface area contributed by atoms with E-state index >= 15 is 0 Å². The van der Waals surface area contributed by atoms with Gasteiger partial charge in [0.05, 0.1) is 40.6 Å². The molecule has 0 aliphatic heterocycles. The van der Waals surface area contributed by atoms with Crippen molar-refractivity contribution in [3.8, 4) is 0 Å². The summed E-state index contributed by atoms with van der Waals surface area (Å²) in [6, 6.07) is 30.9. The lowest BCUT2D eigenvalue weighted by atomic mass is 9.87. The predicted octanol–water partition coefficient (Wildman–Crippen LogP) is 7.74. The summed E-state index contributed by atoms with van der Waals surface area (Å²) in [5.74, 6) is 0.376. The number of allylic oxidation sites excluding steroid dienone is 1. The Morgan fingerprint density at radius 2 is 1.27 bits per heavy atom. The summed E-state index contributed by atoms with van der Waals surface area (Å²) in [6.45, 7) is 11.9. The van der Waals surface area contributed by atoms with Gasteiger partial charge < -0.3 is 14.6 Å². The second-order valence-electron chi connectivity index (χ2n) is 11.7. The molecule has 1 aliphatic carbocycles. The van der Waals surface area contributed by atoms with Crippen LogP contribution >= 0.6 is 0 Å². The van der Waals surface area contributed by atoms with E-state index in [-0.39, 0.29) is 5.41 Å². The van der Waals surface area contributed by atoms with Crippen molar-refractivity contribution in [2.75, 3.05) is 13.2 Å². The van der Waals surface area contributed by atoms with E-state index in [1.807, 2.05) is 42.5 Å². The van der Waals surface area contributed by atoms with E-state index in [1.165, 1.54) is 21.9 Å². The molecule has 0 aromatic heterocycles.